The first-order chi connectivity index (χ1) is 7.15. The average Bonchev–Trinajstić information content (AvgIpc) is 2.25. The molecule has 1 N–H and O–H groups in total. The monoisotopic (exact) mass is 228 g/mol. The van der Waals surface area contributed by atoms with E-state index in [0.29, 0.717) is 16.4 Å². The van der Waals surface area contributed by atoms with E-state index >= 15 is 0 Å². The van der Waals surface area contributed by atoms with Gasteiger partial charge in [0.15, 0.2) is 0 Å². The van der Waals surface area contributed by atoms with Crippen LogP contribution in [0.2, 0.25) is 0 Å². The number of amides is 1. The minimum atomic E-state index is -0.655. The van der Waals surface area contributed by atoms with Gasteiger partial charge in [-0.2, -0.15) is 0 Å². The van der Waals surface area contributed by atoms with Crippen LogP contribution in [0.3, 0.4) is 0 Å². The molecule has 0 saturated carbocycles. The fraction of sp³-hybridized carbons (Fsp3) is 0.400. The summed E-state index contributed by atoms with van der Waals surface area (Å²) in [5.74, 6) is -0.297. The molecule has 0 bridgehead atoms. The maximum absolute atomic E-state index is 12.5. The van der Waals surface area contributed by atoms with Crippen molar-refractivity contribution in [1.29, 1.82) is 0 Å². The molecule has 0 radical (unpaired) electrons. The number of nitrogens with one attached hydrogen (secondary N) is 1. The lowest BCUT2D eigenvalue weighted by molar-refractivity contribution is 0.0982. The quantitative estimate of drug-likeness (QED) is 0.804. The number of hydrogen-bond donors (Lipinski definition) is 1. The smallest absolute Gasteiger partial charge is 0.263 e. The Hall–Kier alpha value is -1.10. The molecule has 15 heavy (non-hydrogen) atoms. The third-order valence-electron chi connectivity index (χ3n) is 1.69. The van der Waals surface area contributed by atoms with E-state index in [0.717, 1.165) is 0 Å². The Morgan fingerprint density at radius 2 is 2.40 bits per heavy atom. The number of aromatic nitrogens is 1. The number of carbonyl (C=O) groups excluding carboxylic acids is 1. The van der Waals surface area contributed by atoms with Gasteiger partial charge in [0.25, 0.3) is 5.91 Å². The summed E-state index contributed by atoms with van der Waals surface area (Å²) < 4.78 is 15.2. The molecule has 0 saturated heterocycles. The second-order valence-electron chi connectivity index (χ2n) is 3.26. The molecule has 82 valence electrons. The molecule has 0 aromatic carbocycles. The Kier molecular flexibility index (Phi) is 4.55. The summed E-state index contributed by atoms with van der Waals surface area (Å²) in [4.78, 5) is 15.4. The van der Waals surface area contributed by atoms with Crippen molar-refractivity contribution in [1.82, 2.24) is 9.71 Å². The summed E-state index contributed by atoms with van der Waals surface area (Å²) in [6.45, 7) is 3.27. The van der Waals surface area contributed by atoms with E-state index in [2.05, 4.69) is 9.71 Å². The number of pyridine rings is 1. The van der Waals surface area contributed by atoms with Gasteiger partial charge in [-0.1, -0.05) is 13.8 Å². The zero-order valence-electron chi connectivity index (χ0n) is 8.66. The molecule has 1 rings (SSSR count). The molecular formula is C10H13FN2OS. The molecular weight excluding hydrogens is 215 g/mol. The second-order valence-corrected chi connectivity index (χ2v) is 4.65. The van der Waals surface area contributed by atoms with Crippen molar-refractivity contribution in [3.63, 3.8) is 0 Å². The predicted octanol–water partition coefficient (Wildman–Crippen LogP) is 2.34. The molecule has 0 unspecified atom stereocenters. The molecule has 0 aliphatic heterocycles. The van der Waals surface area contributed by atoms with Gasteiger partial charge in [-0.05, 0) is 23.6 Å². The van der Waals surface area contributed by atoms with Gasteiger partial charge in [-0.25, -0.2) is 4.39 Å². The summed E-state index contributed by atoms with van der Waals surface area (Å²) in [6.07, 6.45) is 2.85. The van der Waals surface area contributed by atoms with E-state index < -0.39 is 6.67 Å². The van der Waals surface area contributed by atoms with Crippen LogP contribution >= 0.6 is 11.9 Å². The largest absolute Gasteiger partial charge is 0.296 e. The predicted molar refractivity (Wildman–Crippen MR) is 59.2 cm³/mol. The zero-order valence-corrected chi connectivity index (χ0v) is 9.47. The van der Waals surface area contributed by atoms with E-state index in [1.54, 1.807) is 0 Å². The highest BCUT2D eigenvalue weighted by Crippen LogP contribution is 2.11. The molecule has 3 nitrogen and oxygen atoms in total. The number of rotatable bonds is 4. The second kappa shape index (κ2) is 5.70. The summed E-state index contributed by atoms with van der Waals surface area (Å²) in [7, 11) is 0. The van der Waals surface area contributed by atoms with Crippen molar-refractivity contribution >= 4 is 17.9 Å². The van der Waals surface area contributed by atoms with Crippen LogP contribution in [-0.4, -0.2) is 16.1 Å². The normalized spacial score (nSPS) is 10.4. The van der Waals surface area contributed by atoms with Crippen molar-refractivity contribution < 1.29 is 9.18 Å². The van der Waals surface area contributed by atoms with E-state index in [9.17, 15) is 9.18 Å². The average molecular weight is 228 g/mol. The highest BCUT2D eigenvalue weighted by molar-refractivity contribution is 7.98. The van der Waals surface area contributed by atoms with Gasteiger partial charge in [0.2, 0.25) is 0 Å². The maximum Gasteiger partial charge on any atom is 0.263 e. The van der Waals surface area contributed by atoms with Crippen molar-refractivity contribution in [3.05, 3.63) is 29.6 Å². The number of halogens is 1. The van der Waals surface area contributed by atoms with Crippen molar-refractivity contribution in [2.45, 2.75) is 25.8 Å². The van der Waals surface area contributed by atoms with Gasteiger partial charge < -0.3 is 0 Å². The summed E-state index contributed by atoms with van der Waals surface area (Å²) >= 11 is 1.30. The third kappa shape index (κ3) is 3.51. The Labute approximate surface area is 92.6 Å². The van der Waals surface area contributed by atoms with Crippen LogP contribution in [0.15, 0.2) is 18.5 Å². The van der Waals surface area contributed by atoms with E-state index in [-0.39, 0.29) is 5.91 Å². The SMILES string of the molecule is CC(C)SNC(=O)c1cnccc1CF. The van der Waals surface area contributed by atoms with Crippen LogP contribution in [0.25, 0.3) is 0 Å². The van der Waals surface area contributed by atoms with Crippen LogP contribution in [-0.2, 0) is 6.67 Å². The molecule has 1 heterocycles. The zero-order chi connectivity index (χ0) is 11.3. The van der Waals surface area contributed by atoms with Crippen molar-refractivity contribution in [2.24, 2.45) is 0 Å². The Balaban J connectivity index is 2.72. The Bertz CT molecular complexity index is 344. The van der Waals surface area contributed by atoms with Gasteiger partial charge in [0, 0.05) is 17.6 Å². The minimum absolute atomic E-state index is 0.291. The van der Waals surface area contributed by atoms with E-state index in [1.165, 1.54) is 30.4 Å². The van der Waals surface area contributed by atoms with Gasteiger partial charge in [-0.3, -0.25) is 14.5 Å². The Morgan fingerprint density at radius 1 is 1.67 bits per heavy atom. The topological polar surface area (TPSA) is 42.0 Å². The molecule has 5 heteroatoms. The number of nitrogens with zero attached hydrogens (tertiary/aromatic N) is 1. The first-order valence-electron chi connectivity index (χ1n) is 4.60. The molecule has 0 aliphatic rings. The third-order valence-corrected chi connectivity index (χ3v) is 2.46. The van der Waals surface area contributed by atoms with Crippen LogP contribution in [0.1, 0.15) is 29.8 Å². The molecule has 1 aromatic heterocycles. The molecule has 0 atom stereocenters. The van der Waals surface area contributed by atoms with Gasteiger partial charge in [0.05, 0.1) is 5.56 Å². The minimum Gasteiger partial charge on any atom is -0.296 e. The first-order valence-corrected chi connectivity index (χ1v) is 5.48. The standard InChI is InChI=1S/C10H13FN2OS/c1-7(2)15-13-10(14)9-6-12-4-3-8(9)5-11/h3-4,6-7H,5H2,1-2H3,(H,13,14). The molecule has 1 amide bonds. The van der Waals surface area contributed by atoms with Crippen LogP contribution in [0.4, 0.5) is 4.39 Å². The number of hydrogen-bond acceptors (Lipinski definition) is 3. The first kappa shape index (κ1) is 12.0. The van der Waals surface area contributed by atoms with Gasteiger partial charge in [-0.15, -0.1) is 0 Å². The van der Waals surface area contributed by atoms with Crippen LogP contribution < -0.4 is 4.72 Å². The highest BCUT2D eigenvalue weighted by atomic mass is 32.2. The van der Waals surface area contributed by atoms with Crippen molar-refractivity contribution in [2.75, 3.05) is 0 Å². The highest BCUT2D eigenvalue weighted by Gasteiger charge is 2.11. The lowest BCUT2D eigenvalue weighted by atomic mass is 10.1. The summed E-state index contributed by atoms with van der Waals surface area (Å²) in [5.41, 5.74) is 0.667. The fourth-order valence-electron chi connectivity index (χ4n) is 0.971. The van der Waals surface area contributed by atoms with E-state index in [1.807, 2.05) is 13.8 Å². The number of carbonyl (C=O) groups is 1. The lowest BCUT2D eigenvalue weighted by Crippen LogP contribution is -2.19. The maximum atomic E-state index is 12.5. The Morgan fingerprint density at radius 3 is 3.00 bits per heavy atom. The molecule has 0 fully saturated rings. The number of alkyl halides is 1. The lowest BCUT2D eigenvalue weighted by Gasteiger charge is -2.08. The molecule has 1 aromatic rings. The van der Waals surface area contributed by atoms with E-state index in [4.69, 9.17) is 0 Å². The summed E-state index contributed by atoms with van der Waals surface area (Å²) in [6, 6.07) is 1.51. The molecule has 0 spiro atoms. The van der Waals surface area contributed by atoms with Crippen LogP contribution in [0, 0.1) is 0 Å². The van der Waals surface area contributed by atoms with Crippen LogP contribution in [0.5, 0.6) is 0 Å². The van der Waals surface area contributed by atoms with Gasteiger partial charge >= 0.3 is 0 Å². The fourth-order valence-corrected chi connectivity index (χ4v) is 1.42. The van der Waals surface area contributed by atoms with Gasteiger partial charge in [0.1, 0.15) is 6.67 Å². The molecule has 0 aliphatic carbocycles. The summed E-state index contributed by atoms with van der Waals surface area (Å²) in [5, 5.41) is 0.291. The van der Waals surface area contributed by atoms with Crippen molar-refractivity contribution in [3.8, 4) is 0 Å².